The highest BCUT2D eigenvalue weighted by atomic mass is 35.5. The Balaban J connectivity index is 1.71. The minimum atomic E-state index is -0.773. The second-order valence-electron chi connectivity index (χ2n) is 4.61. The van der Waals surface area contributed by atoms with Crippen molar-refractivity contribution in [1.29, 1.82) is 0 Å². The van der Waals surface area contributed by atoms with Crippen LogP contribution in [0.4, 0.5) is 0 Å². The van der Waals surface area contributed by atoms with Crippen LogP contribution in [0.5, 0.6) is 0 Å². The first-order valence-corrected chi connectivity index (χ1v) is 8.06. The smallest absolute Gasteiger partial charge is 0.285 e. The van der Waals surface area contributed by atoms with Crippen molar-refractivity contribution in [1.82, 2.24) is 19.9 Å². The van der Waals surface area contributed by atoms with Gasteiger partial charge in [-0.15, -0.1) is 11.3 Å². The van der Waals surface area contributed by atoms with Crippen LogP contribution in [-0.4, -0.2) is 25.0 Å². The number of nitrogens with zero attached hydrogens (tertiary/aromatic N) is 4. The van der Waals surface area contributed by atoms with Crippen molar-refractivity contribution >= 4 is 34.5 Å². The van der Waals surface area contributed by atoms with Gasteiger partial charge in [-0.05, 0) is 18.2 Å². The number of halogens is 2. The normalized spacial score (nSPS) is 12.5. The van der Waals surface area contributed by atoms with E-state index in [-0.39, 0.29) is 23.9 Å². The summed E-state index contributed by atoms with van der Waals surface area (Å²) in [6, 6.07) is 4.86. The molecule has 0 aromatic carbocycles. The molecule has 0 bridgehead atoms. The average molecular weight is 373 g/mol. The molecule has 0 amide bonds. The van der Waals surface area contributed by atoms with Crippen molar-refractivity contribution in [2.24, 2.45) is 0 Å². The summed E-state index contributed by atoms with van der Waals surface area (Å²) in [5.74, 6) is 0.528. The third-order valence-electron chi connectivity index (χ3n) is 2.96. The predicted octanol–water partition coefficient (Wildman–Crippen LogP) is 2.32. The highest BCUT2D eigenvalue weighted by Crippen LogP contribution is 2.28. The Hall–Kier alpha value is -1.74. The van der Waals surface area contributed by atoms with Crippen LogP contribution in [0.15, 0.2) is 33.7 Å². The number of thiophene rings is 1. The van der Waals surface area contributed by atoms with Crippen LogP contribution < -0.4 is 5.56 Å². The lowest BCUT2D eigenvalue weighted by molar-refractivity contribution is 0.178. The molecule has 0 saturated carbocycles. The Kier molecular flexibility index (Phi) is 4.76. The van der Waals surface area contributed by atoms with E-state index in [2.05, 4.69) is 15.2 Å². The molecule has 0 aliphatic carbocycles. The Bertz CT molecular complexity index is 876. The van der Waals surface area contributed by atoms with E-state index in [1.165, 1.54) is 23.6 Å². The van der Waals surface area contributed by atoms with E-state index in [1.807, 2.05) is 0 Å². The molecule has 120 valence electrons. The standard InChI is InChI=1S/C13H10Cl2N4O3S/c14-7-3-4-16-19(13(7)21)6-12-17-11(18-22-12)5-8(20)9-1-2-10(15)23-9/h1-4,8,20H,5-6H2. The number of aromatic nitrogens is 4. The first-order chi connectivity index (χ1) is 11.0. The van der Waals surface area contributed by atoms with E-state index in [9.17, 15) is 9.90 Å². The Labute approximate surface area is 144 Å². The largest absolute Gasteiger partial charge is 0.387 e. The van der Waals surface area contributed by atoms with Crippen LogP contribution in [0.2, 0.25) is 9.36 Å². The van der Waals surface area contributed by atoms with Gasteiger partial charge in [0.25, 0.3) is 5.56 Å². The Morgan fingerprint density at radius 1 is 1.35 bits per heavy atom. The summed E-state index contributed by atoms with van der Waals surface area (Å²) >= 11 is 12.9. The molecule has 0 fully saturated rings. The van der Waals surface area contributed by atoms with Crippen molar-refractivity contribution in [2.45, 2.75) is 19.1 Å². The molecule has 3 rings (SSSR count). The molecule has 0 aliphatic heterocycles. The molecule has 0 aliphatic rings. The van der Waals surface area contributed by atoms with Crippen LogP contribution >= 0.6 is 34.5 Å². The molecule has 3 aromatic heterocycles. The molecule has 0 saturated heterocycles. The summed E-state index contributed by atoms with van der Waals surface area (Å²) < 4.78 is 6.78. The summed E-state index contributed by atoms with van der Waals surface area (Å²) in [6.45, 7) is 0.00726. The molecule has 1 atom stereocenters. The number of aliphatic hydroxyl groups is 1. The van der Waals surface area contributed by atoms with Crippen molar-refractivity contribution in [2.75, 3.05) is 0 Å². The summed E-state index contributed by atoms with van der Waals surface area (Å²) in [5.41, 5.74) is -0.442. The zero-order chi connectivity index (χ0) is 16.4. The molecule has 7 nitrogen and oxygen atoms in total. The topological polar surface area (TPSA) is 94.0 Å². The van der Waals surface area contributed by atoms with E-state index >= 15 is 0 Å². The third-order valence-corrected chi connectivity index (χ3v) is 4.58. The van der Waals surface area contributed by atoms with Crippen LogP contribution in [0.25, 0.3) is 0 Å². The van der Waals surface area contributed by atoms with Gasteiger partial charge < -0.3 is 9.63 Å². The maximum Gasteiger partial charge on any atom is 0.285 e. The van der Waals surface area contributed by atoms with Gasteiger partial charge in [-0.3, -0.25) is 4.79 Å². The Morgan fingerprint density at radius 3 is 2.91 bits per heavy atom. The maximum atomic E-state index is 11.8. The average Bonchev–Trinajstić information content (AvgIpc) is 3.13. The number of hydrogen-bond acceptors (Lipinski definition) is 7. The van der Waals surface area contributed by atoms with Gasteiger partial charge in [-0.2, -0.15) is 10.1 Å². The number of hydrogen-bond donors (Lipinski definition) is 1. The van der Waals surface area contributed by atoms with Crippen LogP contribution in [0, 0.1) is 0 Å². The summed E-state index contributed by atoms with van der Waals surface area (Å²) in [4.78, 5) is 16.6. The predicted molar refractivity (Wildman–Crippen MR) is 84.9 cm³/mol. The lowest BCUT2D eigenvalue weighted by atomic mass is 10.2. The fourth-order valence-electron chi connectivity index (χ4n) is 1.89. The summed E-state index contributed by atoms with van der Waals surface area (Å²) in [7, 11) is 0. The molecule has 0 radical (unpaired) electrons. The zero-order valence-electron chi connectivity index (χ0n) is 11.5. The molecule has 1 unspecified atom stereocenters. The quantitative estimate of drug-likeness (QED) is 0.738. The van der Waals surface area contributed by atoms with Crippen molar-refractivity contribution in [3.05, 3.63) is 60.7 Å². The highest BCUT2D eigenvalue weighted by Gasteiger charge is 2.16. The maximum absolute atomic E-state index is 11.8. The van der Waals surface area contributed by atoms with Gasteiger partial charge in [-0.1, -0.05) is 28.4 Å². The van der Waals surface area contributed by atoms with E-state index < -0.39 is 11.7 Å². The lowest BCUT2D eigenvalue weighted by Crippen LogP contribution is -2.23. The molecular formula is C13H10Cl2N4O3S. The molecular weight excluding hydrogens is 363 g/mol. The third kappa shape index (κ3) is 3.78. The van der Waals surface area contributed by atoms with Crippen LogP contribution in [0.1, 0.15) is 22.7 Å². The molecule has 3 aromatic rings. The molecule has 23 heavy (non-hydrogen) atoms. The van der Waals surface area contributed by atoms with E-state index in [0.717, 1.165) is 4.68 Å². The number of rotatable bonds is 5. The van der Waals surface area contributed by atoms with Crippen LogP contribution in [-0.2, 0) is 13.0 Å². The van der Waals surface area contributed by atoms with Gasteiger partial charge in [0.2, 0.25) is 5.89 Å². The first kappa shape index (κ1) is 16.1. The number of aliphatic hydroxyl groups excluding tert-OH is 1. The minimum absolute atomic E-state index is 0.00726. The minimum Gasteiger partial charge on any atom is -0.387 e. The van der Waals surface area contributed by atoms with E-state index in [4.69, 9.17) is 27.7 Å². The molecule has 3 heterocycles. The van der Waals surface area contributed by atoms with Gasteiger partial charge in [0, 0.05) is 17.5 Å². The van der Waals surface area contributed by atoms with Crippen molar-refractivity contribution < 1.29 is 9.63 Å². The fraction of sp³-hybridized carbons (Fsp3) is 0.231. The van der Waals surface area contributed by atoms with Crippen molar-refractivity contribution in [3.8, 4) is 0 Å². The lowest BCUT2D eigenvalue weighted by Gasteiger charge is -2.03. The van der Waals surface area contributed by atoms with Gasteiger partial charge in [0.05, 0.1) is 10.4 Å². The van der Waals surface area contributed by atoms with Crippen LogP contribution in [0.3, 0.4) is 0 Å². The Morgan fingerprint density at radius 2 is 2.17 bits per heavy atom. The molecule has 1 N–H and O–H groups in total. The van der Waals surface area contributed by atoms with Gasteiger partial charge in [0.1, 0.15) is 11.6 Å². The summed E-state index contributed by atoms with van der Waals surface area (Å²) in [6.07, 6.45) is 0.814. The fourth-order valence-corrected chi connectivity index (χ4v) is 3.09. The van der Waals surface area contributed by atoms with E-state index in [1.54, 1.807) is 12.1 Å². The monoisotopic (exact) mass is 372 g/mol. The van der Waals surface area contributed by atoms with E-state index in [0.29, 0.717) is 15.0 Å². The van der Waals surface area contributed by atoms with Gasteiger partial charge >= 0.3 is 0 Å². The zero-order valence-corrected chi connectivity index (χ0v) is 13.8. The summed E-state index contributed by atoms with van der Waals surface area (Å²) in [5, 5.41) is 17.8. The highest BCUT2D eigenvalue weighted by molar-refractivity contribution is 7.16. The van der Waals surface area contributed by atoms with Gasteiger partial charge in [0.15, 0.2) is 5.82 Å². The SMILES string of the molecule is O=c1c(Cl)ccnn1Cc1nc(CC(O)c2ccc(Cl)s2)no1. The first-order valence-electron chi connectivity index (χ1n) is 6.49. The molecule has 10 heteroatoms. The van der Waals surface area contributed by atoms with Gasteiger partial charge in [-0.25, -0.2) is 4.68 Å². The second-order valence-corrected chi connectivity index (χ2v) is 6.76. The van der Waals surface area contributed by atoms with Crippen molar-refractivity contribution in [3.63, 3.8) is 0 Å². The second kappa shape index (κ2) is 6.79. The molecule has 0 spiro atoms.